The third-order valence-corrected chi connectivity index (χ3v) is 2.88. The van der Waals surface area contributed by atoms with Crippen LogP contribution in [0.5, 0.6) is 5.75 Å². The zero-order valence-corrected chi connectivity index (χ0v) is 11.7. The highest BCUT2D eigenvalue weighted by molar-refractivity contribution is 7.80. The molecule has 0 spiro atoms. The standard InChI is InChI=1S/C13H18N2O2S/c1-9(2)15(3)12(16)8-17-11-6-4-5-10(7-11)13(14)18/h4-7,9H,8H2,1-3H3,(H2,14,18). The van der Waals surface area contributed by atoms with Gasteiger partial charge < -0.3 is 15.4 Å². The first-order valence-corrected chi connectivity index (χ1v) is 6.11. The smallest absolute Gasteiger partial charge is 0.260 e. The molecule has 1 rings (SSSR count). The number of hydrogen-bond acceptors (Lipinski definition) is 3. The molecule has 0 radical (unpaired) electrons. The number of carbonyl (C=O) groups excluding carboxylic acids is 1. The number of carbonyl (C=O) groups is 1. The molecule has 0 aliphatic carbocycles. The van der Waals surface area contributed by atoms with Crippen molar-refractivity contribution in [3.05, 3.63) is 29.8 Å². The van der Waals surface area contributed by atoms with E-state index in [0.29, 0.717) is 10.7 Å². The van der Waals surface area contributed by atoms with E-state index >= 15 is 0 Å². The second-order valence-corrected chi connectivity index (χ2v) is 4.72. The predicted octanol–water partition coefficient (Wildman–Crippen LogP) is 1.57. The Kier molecular flexibility index (Phi) is 5.09. The average molecular weight is 266 g/mol. The van der Waals surface area contributed by atoms with Crippen LogP contribution in [0.1, 0.15) is 19.4 Å². The van der Waals surface area contributed by atoms with Crippen LogP contribution in [-0.4, -0.2) is 35.5 Å². The van der Waals surface area contributed by atoms with Gasteiger partial charge in [-0.3, -0.25) is 4.79 Å². The predicted molar refractivity (Wildman–Crippen MR) is 75.7 cm³/mol. The van der Waals surface area contributed by atoms with Crippen LogP contribution in [0, 0.1) is 0 Å². The minimum Gasteiger partial charge on any atom is -0.484 e. The lowest BCUT2D eigenvalue weighted by Gasteiger charge is -2.21. The molecule has 0 saturated heterocycles. The maximum atomic E-state index is 11.7. The summed E-state index contributed by atoms with van der Waals surface area (Å²) in [4.78, 5) is 13.7. The fraction of sp³-hybridized carbons (Fsp3) is 0.385. The second kappa shape index (κ2) is 6.35. The lowest BCUT2D eigenvalue weighted by molar-refractivity contribution is -0.133. The summed E-state index contributed by atoms with van der Waals surface area (Å²) in [6, 6.07) is 7.25. The van der Waals surface area contributed by atoms with Gasteiger partial charge in [0.1, 0.15) is 10.7 Å². The van der Waals surface area contributed by atoms with Gasteiger partial charge in [0.25, 0.3) is 5.91 Å². The van der Waals surface area contributed by atoms with Crippen LogP contribution in [0.2, 0.25) is 0 Å². The highest BCUT2D eigenvalue weighted by Crippen LogP contribution is 2.13. The van der Waals surface area contributed by atoms with Crippen molar-refractivity contribution in [1.82, 2.24) is 4.90 Å². The Balaban J connectivity index is 2.61. The van der Waals surface area contributed by atoms with E-state index in [4.69, 9.17) is 22.7 Å². The Hall–Kier alpha value is -1.62. The molecule has 1 aromatic carbocycles. The summed E-state index contributed by atoms with van der Waals surface area (Å²) in [5.74, 6) is 0.525. The topological polar surface area (TPSA) is 55.6 Å². The molecule has 0 saturated carbocycles. The summed E-state index contributed by atoms with van der Waals surface area (Å²) in [6.07, 6.45) is 0. The highest BCUT2D eigenvalue weighted by Gasteiger charge is 2.12. The molecular weight excluding hydrogens is 248 g/mol. The van der Waals surface area contributed by atoms with Crippen molar-refractivity contribution in [2.45, 2.75) is 19.9 Å². The van der Waals surface area contributed by atoms with E-state index in [1.54, 1.807) is 36.2 Å². The summed E-state index contributed by atoms with van der Waals surface area (Å²) in [5.41, 5.74) is 6.26. The average Bonchev–Trinajstić information content (AvgIpc) is 2.35. The number of nitrogens with zero attached hydrogens (tertiary/aromatic N) is 1. The molecule has 0 aliphatic heterocycles. The maximum Gasteiger partial charge on any atom is 0.260 e. The van der Waals surface area contributed by atoms with E-state index in [9.17, 15) is 4.79 Å². The van der Waals surface area contributed by atoms with Crippen molar-refractivity contribution < 1.29 is 9.53 Å². The van der Waals surface area contributed by atoms with E-state index in [1.165, 1.54) is 0 Å². The zero-order chi connectivity index (χ0) is 13.7. The number of amides is 1. The molecule has 0 aliphatic rings. The zero-order valence-electron chi connectivity index (χ0n) is 10.8. The van der Waals surface area contributed by atoms with Crippen LogP contribution >= 0.6 is 12.2 Å². The van der Waals surface area contributed by atoms with Crippen LogP contribution < -0.4 is 10.5 Å². The Morgan fingerprint density at radius 3 is 2.72 bits per heavy atom. The molecule has 0 heterocycles. The van der Waals surface area contributed by atoms with Crippen LogP contribution in [0.25, 0.3) is 0 Å². The Labute approximate surface area is 113 Å². The van der Waals surface area contributed by atoms with Crippen LogP contribution in [0.3, 0.4) is 0 Å². The minimum absolute atomic E-state index is 0.00939. The minimum atomic E-state index is -0.0641. The Morgan fingerprint density at radius 2 is 2.17 bits per heavy atom. The van der Waals surface area contributed by atoms with Gasteiger partial charge in [-0.05, 0) is 26.0 Å². The van der Waals surface area contributed by atoms with Gasteiger partial charge in [-0.2, -0.15) is 0 Å². The quantitative estimate of drug-likeness (QED) is 0.822. The van der Waals surface area contributed by atoms with E-state index < -0.39 is 0 Å². The summed E-state index contributed by atoms with van der Waals surface area (Å²) in [6.45, 7) is 3.91. The molecule has 1 amide bonds. The summed E-state index contributed by atoms with van der Waals surface area (Å²) < 4.78 is 5.42. The van der Waals surface area contributed by atoms with Gasteiger partial charge in [0.15, 0.2) is 6.61 Å². The van der Waals surface area contributed by atoms with Gasteiger partial charge in [0, 0.05) is 18.7 Å². The lowest BCUT2D eigenvalue weighted by Crippen LogP contribution is -2.36. The van der Waals surface area contributed by atoms with Crippen LogP contribution in [0.4, 0.5) is 0 Å². The number of rotatable bonds is 5. The van der Waals surface area contributed by atoms with Crippen molar-refractivity contribution >= 4 is 23.1 Å². The van der Waals surface area contributed by atoms with Gasteiger partial charge >= 0.3 is 0 Å². The fourth-order valence-electron chi connectivity index (χ4n) is 1.27. The number of benzene rings is 1. The van der Waals surface area contributed by atoms with Gasteiger partial charge in [-0.15, -0.1) is 0 Å². The number of ether oxygens (including phenoxy) is 1. The molecule has 1 aromatic rings. The molecule has 5 heteroatoms. The van der Waals surface area contributed by atoms with Gasteiger partial charge in [-0.1, -0.05) is 24.4 Å². The normalized spacial score (nSPS) is 10.2. The van der Waals surface area contributed by atoms with E-state index in [2.05, 4.69) is 0 Å². The molecular formula is C13H18N2O2S. The molecule has 4 nitrogen and oxygen atoms in total. The first-order chi connectivity index (χ1) is 8.41. The molecule has 0 bridgehead atoms. The largest absolute Gasteiger partial charge is 0.484 e. The van der Waals surface area contributed by atoms with Crippen LogP contribution in [-0.2, 0) is 4.79 Å². The van der Waals surface area contributed by atoms with Crippen molar-refractivity contribution in [2.75, 3.05) is 13.7 Å². The van der Waals surface area contributed by atoms with Gasteiger partial charge in [-0.25, -0.2) is 0 Å². The maximum absolute atomic E-state index is 11.7. The number of likely N-dealkylation sites (N-methyl/N-ethyl adjacent to an activating group) is 1. The lowest BCUT2D eigenvalue weighted by atomic mass is 10.2. The van der Waals surface area contributed by atoms with Crippen LogP contribution in [0.15, 0.2) is 24.3 Å². The van der Waals surface area contributed by atoms with Crippen molar-refractivity contribution in [2.24, 2.45) is 5.73 Å². The van der Waals surface area contributed by atoms with E-state index in [-0.39, 0.29) is 18.6 Å². The molecule has 18 heavy (non-hydrogen) atoms. The highest BCUT2D eigenvalue weighted by atomic mass is 32.1. The van der Waals surface area contributed by atoms with Gasteiger partial charge in [0.05, 0.1) is 0 Å². The summed E-state index contributed by atoms with van der Waals surface area (Å²) in [7, 11) is 1.75. The molecule has 0 unspecified atom stereocenters. The first-order valence-electron chi connectivity index (χ1n) is 5.70. The molecule has 2 N–H and O–H groups in total. The van der Waals surface area contributed by atoms with E-state index in [0.717, 1.165) is 5.56 Å². The fourth-order valence-corrected chi connectivity index (χ4v) is 1.40. The summed E-state index contributed by atoms with van der Waals surface area (Å²) in [5, 5.41) is 0. The summed E-state index contributed by atoms with van der Waals surface area (Å²) >= 11 is 4.88. The Bertz CT molecular complexity index is 446. The molecule has 0 atom stereocenters. The van der Waals surface area contributed by atoms with Gasteiger partial charge in [0.2, 0.25) is 0 Å². The second-order valence-electron chi connectivity index (χ2n) is 4.28. The Morgan fingerprint density at radius 1 is 1.50 bits per heavy atom. The SMILES string of the molecule is CC(C)N(C)C(=O)COc1cccc(C(N)=S)c1. The first kappa shape index (κ1) is 14.4. The monoisotopic (exact) mass is 266 g/mol. The molecule has 0 aromatic heterocycles. The number of nitrogens with two attached hydrogens (primary N) is 1. The third-order valence-electron chi connectivity index (χ3n) is 2.65. The van der Waals surface area contributed by atoms with Crippen molar-refractivity contribution in [3.63, 3.8) is 0 Å². The van der Waals surface area contributed by atoms with Crippen molar-refractivity contribution in [1.29, 1.82) is 0 Å². The number of hydrogen-bond donors (Lipinski definition) is 1. The molecule has 98 valence electrons. The molecule has 0 fully saturated rings. The van der Waals surface area contributed by atoms with E-state index in [1.807, 2.05) is 13.8 Å². The van der Waals surface area contributed by atoms with Crippen molar-refractivity contribution in [3.8, 4) is 5.75 Å². The third kappa shape index (κ3) is 4.00. The number of thiocarbonyl (C=S) groups is 1.